The highest BCUT2D eigenvalue weighted by Crippen LogP contribution is 2.51. The molecule has 2 fully saturated rings. The highest BCUT2D eigenvalue weighted by Gasteiger charge is 2.55. The fourth-order valence-electron chi connectivity index (χ4n) is 5.11. The number of benzene rings is 1. The maximum atomic E-state index is 13.5. The van der Waals surface area contributed by atoms with Crippen molar-refractivity contribution >= 4 is 5.91 Å². The first-order valence-corrected chi connectivity index (χ1v) is 10.1. The molecule has 0 bridgehead atoms. The van der Waals surface area contributed by atoms with E-state index in [1.165, 1.54) is 0 Å². The molecule has 6 heteroatoms. The molecule has 2 atom stereocenters. The van der Waals surface area contributed by atoms with Gasteiger partial charge in [-0.25, -0.2) is 4.98 Å². The Kier molecular flexibility index (Phi) is 3.86. The van der Waals surface area contributed by atoms with Crippen LogP contribution in [0, 0.1) is 12.8 Å². The van der Waals surface area contributed by atoms with Crippen molar-refractivity contribution in [2.45, 2.75) is 43.9 Å². The number of carbonyl (C=O) groups excluding carboxylic acids is 1. The number of aromatic nitrogens is 2. The Morgan fingerprint density at radius 1 is 1.25 bits per heavy atom. The molecule has 1 aliphatic heterocycles. The summed E-state index contributed by atoms with van der Waals surface area (Å²) in [5.41, 5.74) is 2.43. The minimum absolute atomic E-state index is 0.0115. The van der Waals surface area contributed by atoms with Crippen molar-refractivity contribution in [3.05, 3.63) is 57.3 Å². The Bertz CT molecular complexity index is 991. The summed E-state index contributed by atoms with van der Waals surface area (Å²) in [6, 6.07) is 7.91. The van der Waals surface area contributed by atoms with Gasteiger partial charge in [0.05, 0.1) is 18.2 Å². The monoisotopic (exact) mass is 379 g/mol. The second-order valence-corrected chi connectivity index (χ2v) is 8.44. The number of fused-ring (bicyclic) bond motifs is 3. The third-order valence-corrected chi connectivity index (χ3v) is 6.81. The van der Waals surface area contributed by atoms with Gasteiger partial charge < -0.3 is 14.6 Å². The number of amides is 1. The number of aryl methyl sites for hydroxylation is 1. The zero-order valence-corrected chi connectivity index (χ0v) is 16.3. The number of nitrogens with zero attached hydrogens (tertiary/aromatic N) is 2. The van der Waals surface area contributed by atoms with Crippen LogP contribution in [0.15, 0.2) is 29.1 Å². The van der Waals surface area contributed by atoms with Crippen molar-refractivity contribution in [2.24, 2.45) is 5.92 Å². The standard InChI is InChI=1S/C22H25N3O3/c1-13-23-19-17(20(26)24-13)8-3-14-11-25(12-18(14)19)21(27)22(9-10-22)15-4-6-16(28-2)7-5-15/h4-7,14,18H,3,8-12H2,1-2H3,(H,23,24,26)/t14-,18+/m1/s1. The van der Waals surface area contributed by atoms with E-state index in [1.807, 2.05) is 36.1 Å². The Labute approximate surface area is 163 Å². The predicted molar refractivity (Wildman–Crippen MR) is 105 cm³/mol. The Morgan fingerprint density at radius 3 is 2.68 bits per heavy atom. The summed E-state index contributed by atoms with van der Waals surface area (Å²) in [5.74, 6) is 2.28. The van der Waals surface area contributed by atoms with Crippen molar-refractivity contribution in [1.29, 1.82) is 0 Å². The Hall–Kier alpha value is -2.63. The van der Waals surface area contributed by atoms with E-state index in [0.29, 0.717) is 18.3 Å². The van der Waals surface area contributed by atoms with Gasteiger partial charge >= 0.3 is 0 Å². The fourth-order valence-corrected chi connectivity index (χ4v) is 5.11. The topological polar surface area (TPSA) is 75.3 Å². The molecule has 1 saturated carbocycles. The van der Waals surface area contributed by atoms with Gasteiger partial charge in [-0.2, -0.15) is 0 Å². The third-order valence-electron chi connectivity index (χ3n) is 6.81. The number of hydrogen-bond acceptors (Lipinski definition) is 4. The second-order valence-electron chi connectivity index (χ2n) is 8.44. The van der Waals surface area contributed by atoms with Crippen molar-refractivity contribution < 1.29 is 9.53 Å². The first-order chi connectivity index (χ1) is 13.5. The number of likely N-dealkylation sites (tertiary alicyclic amines) is 1. The lowest BCUT2D eigenvalue weighted by Crippen LogP contribution is -2.38. The van der Waals surface area contributed by atoms with Crippen molar-refractivity contribution in [3.63, 3.8) is 0 Å². The number of nitrogens with one attached hydrogen (secondary N) is 1. The van der Waals surface area contributed by atoms with Crippen LogP contribution in [0.3, 0.4) is 0 Å². The SMILES string of the molecule is COc1ccc(C2(C(=O)N3C[C@H]4CCc5c(nc(C)[nH]c5=O)[C@H]4C3)CC2)cc1. The van der Waals surface area contributed by atoms with Crippen LogP contribution >= 0.6 is 0 Å². The van der Waals surface area contributed by atoms with Gasteiger partial charge in [-0.15, -0.1) is 0 Å². The Morgan fingerprint density at radius 2 is 2.00 bits per heavy atom. The molecule has 28 heavy (non-hydrogen) atoms. The number of hydrogen-bond donors (Lipinski definition) is 1. The first-order valence-electron chi connectivity index (χ1n) is 10.1. The first kappa shape index (κ1) is 17.5. The van der Waals surface area contributed by atoms with E-state index in [4.69, 9.17) is 4.74 Å². The van der Waals surface area contributed by atoms with Gasteiger partial charge in [-0.1, -0.05) is 12.1 Å². The molecule has 1 amide bonds. The van der Waals surface area contributed by atoms with Crippen LogP contribution in [-0.4, -0.2) is 41.0 Å². The highest BCUT2D eigenvalue weighted by atomic mass is 16.5. The minimum atomic E-state index is -0.375. The van der Waals surface area contributed by atoms with Crippen LogP contribution in [0.4, 0.5) is 0 Å². The maximum absolute atomic E-state index is 13.5. The van der Waals surface area contributed by atoms with E-state index >= 15 is 0 Å². The van der Waals surface area contributed by atoms with E-state index in [-0.39, 0.29) is 22.8 Å². The summed E-state index contributed by atoms with van der Waals surface area (Å²) in [5, 5.41) is 0. The van der Waals surface area contributed by atoms with Crippen molar-refractivity contribution in [3.8, 4) is 5.75 Å². The lowest BCUT2D eigenvalue weighted by atomic mass is 9.80. The lowest BCUT2D eigenvalue weighted by Gasteiger charge is -2.25. The van der Waals surface area contributed by atoms with Gasteiger partial charge in [0, 0.05) is 24.6 Å². The molecule has 2 heterocycles. The average molecular weight is 379 g/mol. The van der Waals surface area contributed by atoms with E-state index < -0.39 is 0 Å². The third kappa shape index (κ3) is 2.58. The van der Waals surface area contributed by atoms with Gasteiger partial charge in [0.15, 0.2) is 0 Å². The highest BCUT2D eigenvalue weighted by molar-refractivity contribution is 5.91. The molecule has 5 rings (SSSR count). The van der Waals surface area contributed by atoms with Crippen LogP contribution in [0.25, 0.3) is 0 Å². The molecule has 6 nitrogen and oxygen atoms in total. The largest absolute Gasteiger partial charge is 0.497 e. The van der Waals surface area contributed by atoms with Crippen LogP contribution in [0.1, 0.15) is 47.8 Å². The van der Waals surface area contributed by atoms with Crippen molar-refractivity contribution in [2.75, 3.05) is 20.2 Å². The molecule has 0 spiro atoms. The van der Waals surface area contributed by atoms with Crippen LogP contribution in [0.2, 0.25) is 0 Å². The molecular formula is C22H25N3O3. The molecule has 0 unspecified atom stereocenters. The molecule has 0 radical (unpaired) electrons. The van der Waals surface area contributed by atoms with Crippen LogP contribution < -0.4 is 10.3 Å². The smallest absolute Gasteiger partial charge is 0.254 e. The summed E-state index contributed by atoms with van der Waals surface area (Å²) in [6.07, 6.45) is 3.50. The van der Waals surface area contributed by atoms with Crippen LogP contribution in [0.5, 0.6) is 5.75 Å². The summed E-state index contributed by atoms with van der Waals surface area (Å²) in [7, 11) is 1.65. The maximum Gasteiger partial charge on any atom is 0.254 e. The molecule has 1 aromatic heterocycles. The van der Waals surface area contributed by atoms with E-state index in [1.54, 1.807) is 7.11 Å². The summed E-state index contributed by atoms with van der Waals surface area (Å²) in [6.45, 7) is 3.27. The number of ether oxygens (including phenoxy) is 1. The number of aromatic amines is 1. The summed E-state index contributed by atoms with van der Waals surface area (Å²) < 4.78 is 5.25. The second kappa shape index (κ2) is 6.19. The number of carbonyl (C=O) groups is 1. The summed E-state index contributed by atoms with van der Waals surface area (Å²) >= 11 is 0. The molecule has 1 aromatic carbocycles. The predicted octanol–water partition coefficient (Wildman–Crippen LogP) is 2.31. The molecule has 2 aromatic rings. The van der Waals surface area contributed by atoms with Gasteiger partial charge in [-0.3, -0.25) is 9.59 Å². The van der Waals surface area contributed by atoms with E-state index in [0.717, 1.165) is 54.8 Å². The van der Waals surface area contributed by atoms with E-state index in [2.05, 4.69) is 9.97 Å². The molecule has 1 N–H and O–H groups in total. The van der Waals surface area contributed by atoms with Gasteiger partial charge in [-0.05, 0) is 56.2 Å². The molecule has 2 aliphatic carbocycles. The zero-order valence-electron chi connectivity index (χ0n) is 16.3. The quantitative estimate of drug-likeness (QED) is 0.888. The normalized spacial score (nSPS) is 24.4. The molecule has 3 aliphatic rings. The number of rotatable bonds is 3. The average Bonchev–Trinajstić information content (AvgIpc) is 3.39. The number of methoxy groups -OCH3 is 1. The van der Waals surface area contributed by atoms with E-state index in [9.17, 15) is 9.59 Å². The zero-order chi connectivity index (χ0) is 19.5. The van der Waals surface area contributed by atoms with Gasteiger partial charge in [0.1, 0.15) is 11.6 Å². The molecule has 1 saturated heterocycles. The minimum Gasteiger partial charge on any atom is -0.497 e. The fraction of sp³-hybridized carbons (Fsp3) is 0.500. The van der Waals surface area contributed by atoms with Crippen LogP contribution in [-0.2, 0) is 16.6 Å². The summed E-state index contributed by atoms with van der Waals surface area (Å²) in [4.78, 5) is 35.3. The lowest BCUT2D eigenvalue weighted by molar-refractivity contribution is -0.133. The van der Waals surface area contributed by atoms with Gasteiger partial charge in [0.25, 0.3) is 5.56 Å². The molecular weight excluding hydrogens is 354 g/mol. The van der Waals surface area contributed by atoms with Crippen molar-refractivity contribution in [1.82, 2.24) is 14.9 Å². The molecule has 146 valence electrons. The Balaban J connectivity index is 1.41. The number of H-pyrrole nitrogens is 1. The van der Waals surface area contributed by atoms with Gasteiger partial charge in [0.2, 0.25) is 5.91 Å².